The molecule has 0 fully saturated rings. The second kappa shape index (κ2) is 15.4. The van der Waals surface area contributed by atoms with E-state index in [0.717, 1.165) is 34.9 Å². The van der Waals surface area contributed by atoms with Gasteiger partial charge in [0.2, 0.25) is 0 Å². The summed E-state index contributed by atoms with van der Waals surface area (Å²) >= 11 is 0. The summed E-state index contributed by atoms with van der Waals surface area (Å²) in [6.45, 7) is 8.33. The van der Waals surface area contributed by atoms with E-state index in [-0.39, 0.29) is 12.2 Å². The Kier molecular flexibility index (Phi) is 13.0. The second-order valence-electron chi connectivity index (χ2n) is 8.08. The number of anilines is 1. The van der Waals surface area contributed by atoms with E-state index < -0.39 is 18.6 Å². The van der Waals surface area contributed by atoms with Crippen molar-refractivity contribution in [2.24, 2.45) is 5.73 Å². The molecule has 0 radical (unpaired) electrons. The van der Waals surface area contributed by atoms with Crippen molar-refractivity contribution in [2.45, 2.75) is 50.7 Å². The number of ether oxygens (including phenoxy) is 1. The average molecular weight is 526 g/mol. The topological polar surface area (TPSA) is 103 Å². The Morgan fingerprint density at radius 1 is 1.00 bits per heavy atom. The van der Waals surface area contributed by atoms with Gasteiger partial charge >= 0.3 is 7.60 Å². The van der Waals surface area contributed by atoms with Crippen LogP contribution in [0.5, 0.6) is 5.75 Å². The van der Waals surface area contributed by atoms with Gasteiger partial charge in [0, 0.05) is 31.4 Å². The van der Waals surface area contributed by atoms with E-state index in [4.69, 9.17) is 19.5 Å². The largest absolute Gasteiger partial charge is 0.497 e. The molecular weight excluding hydrogens is 485 g/mol. The Morgan fingerprint density at radius 2 is 1.63 bits per heavy atom. The Morgan fingerprint density at radius 3 is 2.17 bits per heavy atom. The number of nitrogens with one attached hydrogen (secondary N) is 1. The van der Waals surface area contributed by atoms with Gasteiger partial charge in [0.25, 0.3) is 0 Å². The van der Waals surface area contributed by atoms with Gasteiger partial charge in [-0.15, -0.1) is 0 Å². The molecule has 0 saturated carbocycles. The van der Waals surface area contributed by atoms with Gasteiger partial charge in [-0.2, -0.15) is 0 Å². The van der Waals surface area contributed by atoms with Crippen LogP contribution in [0.3, 0.4) is 0 Å². The highest BCUT2D eigenvalue weighted by Gasteiger charge is 2.24. The zero-order valence-corrected chi connectivity index (χ0v) is 23.0. The van der Waals surface area contributed by atoms with E-state index in [0.29, 0.717) is 32.7 Å². The van der Waals surface area contributed by atoms with Crippen molar-refractivity contribution >= 4 is 24.3 Å². The molecule has 0 heterocycles. The second-order valence-corrected chi connectivity index (χ2v) is 11.6. The van der Waals surface area contributed by atoms with Crippen LogP contribution < -0.4 is 15.8 Å². The molecule has 2 rings (SSSR count). The predicted molar refractivity (Wildman–Crippen MR) is 143 cm³/mol. The predicted octanol–water partition coefficient (Wildman–Crippen LogP) is 5.03. The first-order valence-electron chi connectivity index (χ1n) is 12.1. The molecule has 10 heteroatoms. The van der Waals surface area contributed by atoms with Gasteiger partial charge < -0.3 is 24.8 Å². The summed E-state index contributed by atoms with van der Waals surface area (Å²) in [6.07, 6.45) is 1.85. The molecule has 0 spiro atoms. The highest BCUT2D eigenvalue weighted by Crippen LogP contribution is 2.51. The maximum Gasteiger partial charge on any atom is 0.335 e. The van der Waals surface area contributed by atoms with Gasteiger partial charge in [-0.3, -0.25) is 4.57 Å². The zero-order valence-electron chi connectivity index (χ0n) is 21.3. The molecule has 0 bridgehead atoms. The van der Waals surface area contributed by atoms with E-state index in [9.17, 15) is 8.77 Å². The van der Waals surface area contributed by atoms with Gasteiger partial charge in [-0.05, 0) is 68.7 Å². The molecule has 196 valence electrons. The third-order valence-corrected chi connectivity index (χ3v) is 8.83. The first-order valence-corrected chi connectivity index (χ1v) is 14.9. The lowest BCUT2D eigenvalue weighted by Gasteiger charge is -2.23. The molecule has 0 aliphatic carbocycles. The van der Waals surface area contributed by atoms with E-state index in [1.807, 2.05) is 52.8 Å². The number of rotatable bonds is 17. The normalized spacial score (nSPS) is 13.5. The van der Waals surface area contributed by atoms with Crippen molar-refractivity contribution in [1.29, 1.82) is 0 Å². The highest BCUT2D eigenvalue weighted by atomic mass is 32.2. The molecule has 35 heavy (non-hydrogen) atoms. The molecule has 0 aromatic heterocycles. The molecule has 2 atom stereocenters. The SMILES string of the molecule is CCCN(CC[C@@H](N)CNc1ccc(CP(=O)(OCC)OCC)cc1)S(=O)c1ccc(OC)cc1. The lowest BCUT2D eigenvalue weighted by Crippen LogP contribution is -2.36. The van der Waals surface area contributed by atoms with Gasteiger partial charge in [0.15, 0.2) is 0 Å². The summed E-state index contributed by atoms with van der Waals surface area (Å²) in [6, 6.07) is 14.9. The summed E-state index contributed by atoms with van der Waals surface area (Å²) in [5, 5.41) is 3.35. The lowest BCUT2D eigenvalue weighted by atomic mass is 10.2. The van der Waals surface area contributed by atoms with Crippen molar-refractivity contribution in [3.05, 3.63) is 54.1 Å². The Bertz CT molecular complexity index is 933. The maximum absolute atomic E-state index is 13.0. The van der Waals surface area contributed by atoms with Crippen molar-refractivity contribution in [2.75, 3.05) is 45.3 Å². The van der Waals surface area contributed by atoms with Crippen LogP contribution in [0.4, 0.5) is 5.69 Å². The van der Waals surface area contributed by atoms with Gasteiger partial charge in [0.1, 0.15) is 16.7 Å². The number of nitrogens with two attached hydrogens (primary N) is 1. The van der Waals surface area contributed by atoms with Crippen LogP contribution in [0.2, 0.25) is 0 Å². The van der Waals surface area contributed by atoms with E-state index in [1.165, 1.54) is 0 Å². The van der Waals surface area contributed by atoms with Gasteiger partial charge in [0.05, 0.1) is 31.4 Å². The van der Waals surface area contributed by atoms with Crippen molar-refractivity contribution < 1.29 is 22.6 Å². The summed E-state index contributed by atoms with van der Waals surface area (Å²) in [7, 11) is -2.75. The van der Waals surface area contributed by atoms with Crippen molar-refractivity contribution in [3.8, 4) is 5.75 Å². The van der Waals surface area contributed by atoms with Gasteiger partial charge in [-0.1, -0.05) is 19.1 Å². The van der Waals surface area contributed by atoms with E-state index in [2.05, 4.69) is 12.2 Å². The molecule has 8 nitrogen and oxygen atoms in total. The van der Waals surface area contributed by atoms with Crippen LogP contribution in [0.1, 0.15) is 39.2 Å². The molecule has 1 unspecified atom stereocenters. The monoisotopic (exact) mass is 525 g/mol. The Balaban J connectivity index is 1.85. The minimum absolute atomic E-state index is 0.0991. The standard InChI is InChI=1S/C25H40N3O5PS/c1-5-17-28(35(30)25-14-12-24(31-4)13-15-25)18-16-22(26)19-27-23-10-8-21(9-11-23)20-34(29,32-6-2)33-7-3/h8-15,22,27H,5-7,16-20,26H2,1-4H3/t22-,35?/m1/s1. The van der Waals surface area contributed by atoms with Crippen molar-refractivity contribution in [3.63, 3.8) is 0 Å². The number of methoxy groups -OCH3 is 1. The summed E-state index contributed by atoms with van der Waals surface area (Å²) < 4.78 is 43.7. The Hall–Kier alpha value is -1.74. The first-order chi connectivity index (χ1) is 16.8. The fraction of sp³-hybridized carbons (Fsp3) is 0.520. The summed E-state index contributed by atoms with van der Waals surface area (Å²) in [5.74, 6) is 0.742. The third kappa shape index (κ3) is 10.0. The molecule has 0 saturated heterocycles. The summed E-state index contributed by atoms with van der Waals surface area (Å²) in [5.41, 5.74) is 8.17. The van der Waals surface area contributed by atoms with E-state index >= 15 is 0 Å². The van der Waals surface area contributed by atoms with Crippen LogP contribution >= 0.6 is 7.60 Å². The van der Waals surface area contributed by atoms with E-state index in [1.54, 1.807) is 21.0 Å². The maximum atomic E-state index is 13.0. The van der Waals surface area contributed by atoms with Crippen molar-refractivity contribution in [1.82, 2.24) is 4.31 Å². The van der Waals surface area contributed by atoms with Crippen LogP contribution in [0.15, 0.2) is 53.4 Å². The average Bonchev–Trinajstić information content (AvgIpc) is 2.86. The molecule has 0 amide bonds. The van der Waals surface area contributed by atoms with Gasteiger partial charge in [-0.25, -0.2) is 8.51 Å². The molecule has 2 aromatic rings. The molecule has 0 aliphatic rings. The van der Waals surface area contributed by atoms with Crippen LogP contribution in [0.25, 0.3) is 0 Å². The number of nitrogens with zero attached hydrogens (tertiary/aromatic N) is 1. The zero-order chi connectivity index (χ0) is 25.7. The minimum atomic E-state index is -3.12. The molecule has 2 aromatic carbocycles. The van der Waals surface area contributed by atoms with Crippen LogP contribution in [-0.2, 0) is 30.8 Å². The quantitative estimate of drug-likeness (QED) is 0.279. The van der Waals surface area contributed by atoms with Crippen LogP contribution in [0, 0.1) is 0 Å². The summed E-state index contributed by atoms with van der Waals surface area (Å²) in [4.78, 5) is 0.754. The third-order valence-electron chi connectivity index (χ3n) is 5.27. The molecular formula is C25H40N3O5PS. The first kappa shape index (κ1) is 29.5. The fourth-order valence-electron chi connectivity index (χ4n) is 3.50. The Labute approximate surface area is 212 Å². The highest BCUT2D eigenvalue weighted by molar-refractivity contribution is 7.82. The number of hydrogen-bond donors (Lipinski definition) is 2. The number of benzene rings is 2. The van der Waals surface area contributed by atoms with Crippen LogP contribution in [-0.4, -0.2) is 54.5 Å². The molecule has 3 N–H and O–H groups in total. The number of hydrogen-bond acceptors (Lipinski definition) is 7. The lowest BCUT2D eigenvalue weighted by molar-refractivity contribution is 0.219. The smallest absolute Gasteiger partial charge is 0.335 e. The fourth-order valence-corrected chi connectivity index (χ4v) is 6.49. The minimum Gasteiger partial charge on any atom is -0.497 e. The molecule has 0 aliphatic heterocycles.